The largest absolute Gasteiger partial charge is 0.292 e. The van der Waals surface area contributed by atoms with Crippen LogP contribution in [0.2, 0.25) is 0 Å². The highest BCUT2D eigenvalue weighted by Crippen LogP contribution is 2.29. The fourth-order valence-electron chi connectivity index (χ4n) is 0.456. The summed E-state index contributed by atoms with van der Waals surface area (Å²) in [6.07, 6.45) is 1.80. The number of nitrogens with zero attached hydrogens (tertiary/aromatic N) is 3. The van der Waals surface area contributed by atoms with E-state index in [0.717, 1.165) is 12.8 Å². The van der Waals surface area contributed by atoms with E-state index < -0.39 is 0 Å². The van der Waals surface area contributed by atoms with E-state index in [1.54, 1.807) is 0 Å². The quantitative estimate of drug-likeness (QED) is 0.285. The molecule has 8 heavy (non-hydrogen) atoms. The molecular formula is C4H5N3O. The van der Waals surface area contributed by atoms with Gasteiger partial charge in [0.25, 0.3) is 0 Å². The Kier molecular flexibility index (Phi) is 1.18. The number of amides is 1. The van der Waals surface area contributed by atoms with Crippen molar-refractivity contribution in [2.24, 2.45) is 11.0 Å². The monoisotopic (exact) mass is 111 g/mol. The first-order valence-corrected chi connectivity index (χ1v) is 2.43. The molecule has 1 rings (SSSR count). The van der Waals surface area contributed by atoms with Crippen molar-refractivity contribution in [3.63, 3.8) is 0 Å². The van der Waals surface area contributed by atoms with Crippen LogP contribution in [0.4, 0.5) is 0 Å². The summed E-state index contributed by atoms with van der Waals surface area (Å²) in [5, 5.41) is 2.93. The first-order valence-electron chi connectivity index (χ1n) is 2.43. The summed E-state index contributed by atoms with van der Waals surface area (Å²) in [6, 6.07) is 0. The molecule has 42 valence electrons. The Morgan fingerprint density at radius 1 is 1.75 bits per heavy atom. The zero-order chi connectivity index (χ0) is 5.98. The van der Waals surface area contributed by atoms with Gasteiger partial charge in [0.1, 0.15) is 0 Å². The van der Waals surface area contributed by atoms with Crippen molar-refractivity contribution < 1.29 is 4.79 Å². The van der Waals surface area contributed by atoms with E-state index in [9.17, 15) is 4.79 Å². The third-order valence-corrected chi connectivity index (χ3v) is 1.07. The first-order chi connectivity index (χ1) is 3.84. The van der Waals surface area contributed by atoms with Gasteiger partial charge < -0.3 is 0 Å². The molecule has 0 aromatic carbocycles. The van der Waals surface area contributed by atoms with Gasteiger partial charge in [-0.15, -0.1) is 0 Å². The standard InChI is InChI=1S/C4H5N3O/c5-7-6-4(8)3-1-2-3/h3H,1-2H2. The molecule has 4 nitrogen and oxygen atoms in total. The van der Waals surface area contributed by atoms with Gasteiger partial charge >= 0.3 is 0 Å². The fraction of sp³-hybridized carbons (Fsp3) is 0.750. The average molecular weight is 111 g/mol. The number of azide groups is 1. The number of hydrogen-bond donors (Lipinski definition) is 0. The lowest BCUT2D eigenvalue weighted by atomic mass is 10.4. The van der Waals surface area contributed by atoms with Gasteiger partial charge in [-0.1, -0.05) is 0 Å². The van der Waals surface area contributed by atoms with Crippen LogP contribution in [0.15, 0.2) is 5.11 Å². The van der Waals surface area contributed by atoms with E-state index in [1.807, 2.05) is 0 Å². The van der Waals surface area contributed by atoms with Gasteiger partial charge in [-0.05, 0) is 23.5 Å². The van der Waals surface area contributed by atoms with Crippen LogP contribution in [0.5, 0.6) is 0 Å². The summed E-state index contributed by atoms with van der Waals surface area (Å²) in [5.74, 6) is -0.238. The van der Waals surface area contributed by atoms with E-state index in [2.05, 4.69) is 10.0 Å². The third kappa shape index (κ3) is 0.978. The van der Waals surface area contributed by atoms with E-state index in [1.165, 1.54) is 0 Å². The molecule has 0 saturated heterocycles. The van der Waals surface area contributed by atoms with Gasteiger partial charge in [0.2, 0.25) is 5.91 Å². The predicted molar refractivity (Wildman–Crippen MR) is 26.9 cm³/mol. The molecule has 4 heteroatoms. The van der Waals surface area contributed by atoms with Crippen LogP contribution < -0.4 is 0 Å². The van der Waals surface area contributed by atoms with Gasteiger partial charge in [0.05, 0.1) is 0 Å². The van der Waals surface area contributed by atoms with Crippen LogP contribution in [0.1, 0.15) is 12.8 Å². The van der Waals surface area contributed by atoms with Crippen molar-refractivity contribution in [2.45, 2.75) is 12.8 Å². The lowest BCUT2D eigenvalue weighted by molar-refractivity contribution is -0.119. The second kappa shape index (κ2) is 1.84. The van der Waals surface area contributed by atoms with E-state index >= 15 is 0 Å². The molecule has 0 N–H and O–H groups in total. The summed E-state index contributed by atoms with van der Waals surface area (Å²) >= 11 is 0. The van der Waals surface area contributed by atoms with Crippen LogP contribution in [0, 0.1) is 5.92 Å². The molecular weight excluding hydrogens is 106 g/mol. The van der Waals surface area contributed by atoms with Crippen molar-refractivity contribution in [3.8, 4) is 0 Å². The molecule has 0 aromatic rings. The van der Waals surface area contributed by atoms with Gasteiger partial charge in [-0.25, -0.2) is 0 Å². The minimum Gasteiger partial charge on any atom is -0.292 e. The van der Waals surface area contributed by atoms with Gasteiger partial charge in [0.15, 0.2) is 0 Å². The maximum absolute atomic E-state index is 10.4. The first kappa shape index (κ1) is 5.12. The molecule has 0 spiro atoms. The highest BCUT2D eigenvalue weighted by atomic mass is 16.2. The topological polar surface area (TPSA) is 65.8 Å². The molecule has 0 radical (unpaired) electrons. The van der Waals surface area contributed by atoms with Gasteiger partial charge in [-0.3, -0.25) is 4.79 Å². The molecule has 1 fully saturated rings. The van der Waals surface area contributed by atoms with Crippen molar-refractivity contribution >= 4 is 5.91 Å². The maximum Gasteiger partial charge on any atom is 0.222 e. The second-order valence-corrected chi connectivity index (χ2v) is 1.80. The van der Waals surface area contributed by atoms with E-state index in [0.29, 0.717) is 0 Å². The Labute approximate surface area is 46.1 Å². The van der Waals surface area contributed by atoms with Crippen molar-refractivity contribution in [1.82, 2.24) is 0 Å². The molecule has 0 heterocycles. The smallest absolute Gasteiger partial charge is 0.222 e. The molecule has 0 unspecified atom stereocenters. The summed E-state index contributed by atoms with van der Waals surface area (Å²) < 4.78 is 0. The molecule has 0 aliphatic heterocycles. The van der Waals surface area contributed by atoms with Crippen LogP contribution in [0.3, 0.4) is 0 Å². The molecule has 0 bridgehead atoms. The van der Waals surface area contributed by atoms with Gasteiger partial charge in [-0.2, -0.15) is 0 Å². The summed E-state index contributed by atoms with van der Waals surface area (Å²) in [7, 11) is 0. The molecule has 1 saturated carbocycles. The Balaban J connectivity index is 2.44. The minimum absolute atomic E-state index is 0.0610. The van der Waals surface area contributed by atoms with Crippen LogP contribution in [-0.2, 0) is 4.79 Å². The number of carbonyl (C=O) groups excluding carboxylic acids is 1. The lowest BCUT2D eigenvalue weighted by Gasteiger charge is -1.77. The zero-order valence-electron chi connectivity index (χ0n) is 4.24. The fourth-order valence-corrected chi connectivity index (χ4v) is 0.456. The highest BCUT2D eigenvalue weighted by molar-refractivity contribution is 5.81. The second-order valence-electron chi connectivity index (χ2n) is 1.80. The number of hydrogen-bond acceptors (Lipinski definition) is 1. The average Bonchev–Trinajstić information content (AvgIpc) is 2.45. The summed E-state index contributed by atoms with van der Waals surface area (Å²) in [6.45, 7) is 0. The van der Waals surface area contributed by atoms with E-state index in [-0.39, 0.29) is 11.8 Å². The molecule has 1 aliphatic carbocycles. The van der Waals surface area contributed by atoms with Crippen molar-refractivity contribution in [1.29, 1.82) is 0 Å². The number of carbonyl (C=O) groups is 1. The Morgan fingerprint density at radius 2 is 2.38 bits per heavy atom. The van der Waals surface area contributed by atoms with Crippen molar-refractivity contribution in [2.75, 3.05) is 0 Å². The van der Waals surface area contributed by atoms with Crippen LogP contribution in [-0.4, -0.2) is 5.91 Å². The molecule has 0 atom stereocenters. The van der Waals surface area contributed by atoms with Crippen molar-refractivity contribution in [3.05, 3.63) is 10.4 Å². The highest BCUT2D eigenvalue weighted by Gasteiger charge is 2.28. The van der Waals surface area contributed by atoms with Crippen LogP contribution >= 0.6 is 0 Å². The summed E-state index contributed by atoms with van der Waals surface area (Å²) in [5.41, 5.74) is 7.75. The van der Waals surface area contributed by atoms with E-state index in [4.69, 9.17) is 5.53 Å². The normalized spacial score (nSPS) is 17.0. The zero-order valence-corrected chi connectivity index (χ0v) is 4.24. The summed E-state index contributed by atoms with van der Waals surface area (Å²) in [4.78, 5) is 12.8. The molecule has 1 aliphatic rings. The van der Waals surface area contributed by atoms with Crippen LogP contribution in [0.25, 0.3) is 10.4 Å². The lowest BCUT2D eigenvalue weighted by Crippen LogP contribution is -1.91. The third-order valence-electron chi connectivity index (χ3n) is 1.07. The molecule has 0 aromatic heterocycles. The predicted octanol–water partition coefficient (Wildman–Crippen LogP) is 1.23. The Bertz CT molecular complexity index is 155. The Morgan fingerprint density at radius 3 is 2.75 bits per heavy atom. The number of rotatable bonds is 1. The van der Waals surface area contributed by atoms with Gasteiger partial charge in [0, 0.05) is 10.8 Å². The SMILES string of the molecule is [N-]=[N+]=NC(=O)C1CC1. The maximum atomic E-state index is 10.4. The minimum atomic E-state index is -0.299. The molecule has 1 amide bonds. The Hall–Kier alpha value is -1.02.